The van der Waals surface area contributed by atoms with Crippen LogP contribution in [0.2, 0.25) is 0 Å². The summed E-state index contributed by atoms with van der Waals surface area (Å²) in [6.07, 6.45) is 4.10. The van der Waals surface area contributed by atoms with E-state index < -0.39 is 5.97 Å². The molecule has 0 saturated heterocycles. The smallest absolute Gasteiger partial charge is 0.335 e. The van der Waals surface area contributed by atoms with Crippen LogP contribution in [-0.2, 0) is 20.9 Å². The van der Waals surface area contributed by atoms with Crippen molar-refractivity contribution in [3.05, 3.63) is 101 Å². The number of ether oxygens (including phenoxy) is 1. The Labute approximate surface area is 220 Å². The summed E-state index contributed by atoms with van der Waals surface area (Å²) in [6.45, 7) is 0.222. The van der Waals surface area contributed by atoms with Crippen molar-refractivity contribution in [3.8, 4) is 0 Å². The van der Waals surface area contributed by atoms with Gasteiger partial charge < -0.3 is 15.2 Å². The highest BCUT2D eigenvalue weighted by Crippen LogP contribution is 2.38. The Balaban J connectivity index is 1.33. The number of hydrogen-bond donors (Lipinski definition) is 2. The first-order chi connectivity index (χ1) is 18.5. The Morgan fingerprint density at radius 3 is 2.45 bits per heavy atom. The summed E-state index contributed by atoms with van der Waals surface area (Å²) in [5.74, 6) is -1.14. The van der Waals surface area contributed by atoms with E-state index in [1.807, 2.05) is 54.6 Å². The molecule has 5 rings (SSSR count). The Morgan fingerprint density at radius 1 is 1.00 bits per heavy atom. The fourth-order valence-corrected chi connectivity index (χ4v) is 5.13. The maximum absolute atomic E-state index is 13.5. The molecule has 2 aliphatic rings. The molecule has 3 aromatic rings. The van der Waals surface area contributed by atoms with E-state index in [0.29, 0.717) is 18.1 Å². The topological polar surface area (TPSA) is 108 Å². The van der Waals surface area contributed by atoms with E-state index in [9.17, 15) is 19.5 Å². The summed E-state index contributed by atoms with van der Waals surface area (Å²) >= 11 is 0. The molecule has 3 aromatic carbocycles. The number of amides is 2. The number of carbonyl (C=O) groups is 3. The molecule has 1 heterocycles. The molecule has 8 nitrogen and oxygen atoms in total. The van der Waals surface area contributed by atoms with Crippen LogP contribution in [0.3, 0.4) is 0 Å². The lowest BCUT2D eigenvalue weighted by Crippen LogP contribution is -2.36. The number of rotatable bonds is 8. The summed E-state index contributed by atoms with van der Waals surface area (Å²) in [4.78, 5) is 37.2. The number of hydrazone groups is 1. The van der Waals surface area contributed by atoms with Gasteiger partial charge in [0, 0.05) is 11.3 Å². The zero-order valence-corrected chi connectivity index (χ0v) is 20.9. The SMILES string of the molecule is O=C(O)c1cccc(NC(=O)C(c2ccc(CN3N=C(c4ccccc4)OCC3=O)cc2)C2CCCC2)c1. The number of nitrogens with one attached hydrogen (secondary N) is 1. The number of carboxylic acid groups (broad SMARTS) is 1. The molecule has 0 radical (unpaired) electrons. The Hall–Kier alpha value is -4.46. The number of nitrogens with zero attached hydrogens (tertiary/aromatic N) is 2. The van der Waals surface area contributed by atoms with Crippen LogP contribution in [-0.4, -0.2) is 40.4 Å². The lowest BCUT2D eigenvalue weighted by Gasteiger charge is -2.25. The number of anilines is 1. The number of hydrogen-bond acceptors (Lipinski definition) is 5. The van der Waals surface area contributed by atoms with E-state index in [1.54, 1.807) is 12.1 Å². The van der Waals surface area contributed by atoms with Gasteiger partial charge >= 0.3 is 5.97 Å². The van der Waals surface area contributed by atoms with Crippen LogP contribution >= 0.6 is 0 Å². The minimum Gasteiger partial charge on any atom is -0.478 e. The molecule has 38 heavy (non-hydrogen) atoms. The zero-order valence-electron chi connectivity index (χ0n) is 20.9. The van der Waals surface area contributed by atoms with E-state index in [2.05, 4.69) is 10.4 Å². The highest BCUT2D eigenvalue weighted by Gasteiger charge is 2.32. The van der Waals surface area contributed by atoms with Gasteiger partial charge in [0.1, 0.15) is 0 Å². The lowest BCUT2D eigenvalue weighted by atomic mass is 9.83. The summed E-state index contributed by atoms with van der Waals surface area (Å²) < 4.78 is 5.53. The largest absolute Gasteiger partial charge is 0.478 e. The van der Waals surface area contributed by atoms with Gasteiger partial charge in [-0.05, 0) is 60.2 Å². The number of carboxylic acids is 1. The van der Waals surface area contributed by atoms with Crippen LogP contribution in [0, 0.1) is 5.92 Å². The van der Waals surface area contributed by atoms with Gasteiger partial charge in [-0.1, -0.05) is 61.4 Å². The van der Waals surface area contributed by atoms with Crippen LogP contribution in [0.4, 0.5) is 5.69 Å². The number of carbonyl (C=O) groups excluding carboxylic acids is 2. The quantitative estimate of drug-likeness (QED) is 0.442. The van der Waals surface area contributed by atoms with Crippen molar-refractivity contribution in [2.24, 2.45) is 11.0 Å². The van der Waals surface area contributed by atoms with Crippen molar-refractivity contribution >= 4 is 29.4 Å². The molecule has 1 fully saturated rings. The van der Waals surface area contributed by atoms with Crippen molar-refractivity contribution in [3.63, 3.8) is 0 Å². The first-order valence-electron chi connectivity index (χ1n) is 12.8. The van der Waals surface area contributed by atoms with E-state index in [-0.39, 0.29) is 35.8 Å². The molecule has 2 N–H and O–H groups in total. The molecule has 8 heteroatoms. The average molecular weight is 512 g/mol. The predicted octanol–water partition coefficient (Wildman–Crippen LogP) is 5.02. The minimum absolute atomic E-state index is 0.0706. The predicted molar refractivity (Wildman–Crippen MR) is 143 cm³/mol. The molecule has 0 spiro atoms. The molecule has 0 aromatic heterocycles. The van der Waals surface area contributed by atoms with Gasteiger partial charge in [0.15, 0.2) is 6.61 Å². The van der Waals surface area contributed by atoms with Gasteiger partial charge in [0.05, 0.1) is 18.0 Å². The van der Waals surface area contributed by atoms with Crippen molar-refractivity contribution in [2.45, 2.75) is 38.1 Å². The second kappa shape index (κ2) is 11.3. The zero-order chi connectivity index (χ0) is 26.5. The monoisotopic (exact) mass is 511 g/mol. The van der Waals surface area contributed by atoms with Gasteiger partial charge in [0.2, 0.25) is 11.8 Å². The van der Waals surface area contributed by atoms with Crippen LogP contribution in [0.5, 0.6) is 0 Å². The molecule has 1 aliphatic carbocycles. The van der Waals surface area contributed by atoms with Crippen molar-refractivity contribution in [1.29, 1.82) is 0 Å². The lowest BCUT2D eigenvalue weighted by molar-refractivity contribution is -0.136. The van der Waals surface area contributed by atoms with Crippen molar-refractivity contribution in [1.82, 2.24) is 5.01 Å². The second-order valence-electron chi connectivity index (χ2n) is 9.65. The fraction of sp³-hybridized carbons (Fsp3) is 0.267. The van der Waals surface area contributed by atoms with Gasteiger partial charge in [-0.3, -0.25) is 9.59 Å². The molecular weight excluding hydrogens is 482 g/mol. The average Bonchev–Trinajstić information content (AvgIpc) is 3.46. The number of benzene rings is 3. The van der Waals surface area contributed by atoms with E-state index in [4.69, 9.17) is 4.74 Å². The van der Waals surface area contributed by atoms with Crippen LogP contribution < -0.4 is 5.32 Å². The third-order valence-electron chi connectivity index (χ3n) is 7.05. The summed E-state index contributed by atoms with van der Waals surface area (Å²) in [6, 6.07) is 23.5. The molecule has 1 saturated carbocycles. The maximum atomic E-state index is 13.5. The minimum atomic E-state index is -1.04. The number of aromatic carboxylic acids is 1. The third kappa shape index (κ3) is 5.75. The molecule has 1 atom stereocenters. The summed E-state index contributed by atoms with van der Waals surface area (Å²) in [5.41, 5.74) is 3.18. The molecule has 1 unspecified atom stereocenters. The van der Waals surface area contributed by atoms with E-state index in [1.165, 1.54) is 17.1 Å². The molecule has 1 aliphatic heterocycles. The Morgan fingerprint density at radius 2 is 1.74 bits per heavy atom. The van der Waals surface area contributed by atoms with E-state index in [0.717, 1.165) is 42.4 Å². The highest BCUT2D eigenvalue weighted by atomic mass is 16.5. The van der Waals surface area contributed by atoms with Crippen LogP contribution in [0.1, 0.15) is 58.6 Å². The first kappa shape index (κ1) is 25.2. The summed E-state index contributed by atoms with van der Waals surface area (Å²) in [5, 5.41) is 18.0. The second-order valence-corrected chi connectivity index (χ2v) is 9.65. The Kier molecular flexibility index (Phi) is 7.49. The highest BCUT2D eigenvalue weighted by molar-refractivity contribution is 5.98. The van der Waals surface area contributed by atoms with Crippen molar-refractivity contribution < 1.29 is 24.2 Å². The van der Waals surface area contributed by atoms with Crippen LogP contribution in [0.25, 0.3) is 0 Å². The van der Waals surface area contributed by atoms with E-state index >= 15 is 0 Å². The van der Waals surface area contributed by atoms with Gasteiger partial charge in [0.25, 0.3) is 5.91 Å². The molecule has 194 valence electrons. The molecule has 2 amide bonds. The fourth-order valence-electron chi connectivity index (χ4n) is 5.13. The Bertz CT molecular complexity index is 1350. The first-order valence-corrected chi connectivity index (χ1v) is 12.8. The van der Waals surface area contributed by atoms with Gasteiger partial charge in [-0.15, -0.1) is 5.10 Å². The molecular formula is C30H29N3O5. The van der Waals surface area contributed by atoms with Crippen molar-refractivity contribution in [2.75, 3.05) is 11.9 Å². The molecule has 0 bridgehead atoms. The summed E-state index contributed by atoms with van der Waals surface area (Å²) in [7, 11) is 0. The van der Waals surface area contributed by atoms with Crippen LogP contribution in [0.15, 0.2) is 84.0 Å². The maximum Gasteiger partial charge on any atom is 0.335 e. The normalized spacial score (nSPS) is 16.5. The third-order valence-corrected chi connectivity index (χ3v) is 7.05. The van der Waals surface area contributed by atoms with Gasteiger partial charge in [-0.25, -0.2) is 9.80 Å². The standard InChI is InChI=1S/C30H29N3O5/c34-26-19-38-29(23-9-2-1-3-10-23)32-33(26)18-20-13-15-22(16-14-20)27(21-7-4-5-8-21)28(35)31-25-12-6-11-24(17-25)30(36)37/h1-3,6,9-17,21,27H,4-5,7-8,18-19H2,(H,31,35)(H,36,37). The van der Waals surface area contributed by atoms with Gasteiger partial charge in [-0.2, -0.15) is 0 Å².